The quantitative estimate of drug-likeness (QED) is 0.608. The molecule has 0 aliphatic heterocycles. The van der Waals surface area contributed by atoms with Gasteiger partial charge in [-0.2, -0.15) is 11.8 Å². The van der Waals surface area contributed by atoms with Gasteiger partial charge in [-0.3, -0.25) is 4.79 Å². The van der Waals surface area contributed by atoms with E-state index in [1.54, 1.807) is 11.8 Å². The first-order valence-corrected chi connectivity index (χ1v) is 6.14. The Labute approximate surface area is 84.8 Å². The molecular formula is C9H20N2OS. The molecule has 1 amide bonds. The molecule has 78 valence electrons. The van der Waals surface area contributed by atoms with E-state index in [2.05, 4.69) is 12.2 Å². The van der Waals surface area contributed by atoms with E-state index in [0.717, 1.165) is 31.6 Å². The molecule has 3 nitrogen and oxygen atoms in total. The zero-order valence-corrected chi connectivity index (χ0v) is 9.32. The number of hydrogen-bond acceptors (Lipinski definition) is 3. The zero-order chi connectivity index (χ0) is 10.1. The molecule has 0 saturated carbocycles. The minimum Gasteiger partial charge on any atom is -0.354 e. The Balaban J connectivity index is 3.45. The van der Waals surface area contributed by atoms with Crippen molar-refractivity contribution in [3.63, 3.8) is 0 Å². The molecule has 0 rings (SSSR count). The number of nitrogens with one attached hydrogen (secondary N) is 1. The second-order valence-electron chi connectivity index (χ2n) is 3.03. The Hall–Kier alpha value is -0.220. The summed E-state index contributed by atoms with van der Waals surface area (Å²) >= 11 is 1.72. The number of amides is 1. The number of hydrogen-bond donors (Lipinski definition) is 2. The molecule has 0 radical (unpaired) electrons. The predicted octanol–water partition coefficient (Wildman–Crippen LogP) is 0.983. The lowest BCUT2D eigenvalue weighted by molar-refractivity contribution is -0.122. The van der Waals surface area contributed by atoms with Crippen LogP contribution >= 0.6 is 11.8 Å². The van der Waals surface area contributed by atoms with E-state index in [0.29, 0.717) is 0 Å². The lowest BCUT2D eigenvalue weighted by Crippen LogP contribution is -2.41. The molecule has 0 aliphatic carbocycles. The summed E-state index contributed by atoms with van der Waals surface area (Å²) < 4.78 is 0. The summed E-state index contributed by atoms with van der Waals surface area (Å²) in [7, 11) is 0. The predicted molar refractivity (Wildman–Crippen MR) is 58.9 cm³/mol. The van der Waals surface area contributed by atoms with Gasteiger partial charge in [-0.25, -0.2) is 0 Å². The fourth-order valence-electron chi connectivity index (χ4n) is 0.963. The molecule has 0 aromatic rings. The first-order chi connectivity index (χ1) is 6.22. The van der Waals surface area contributed by atoms with Crippen molar-refractivity contribution in [3.8, 4) is 0 Å². The maximum Gasteiger partial charge on any atom is 0.236 e. The van der Waals surface area contributed by atoms with Crippen LogP contribution in [0.5, 0.6) is 0 Å². The average molecular weight is 204 g/mol. The van der Waals surface area contributed by atoms with Crippen molar-refractivity contribution in [3.05, 3.63) is 0 Å². The average Bonchev–Trinajstić information content (AvgIpc) is 2.14. The van der Waals surface area contributed by atoms with Crippen LogP contribution in [0.4, 0.5) is 0 Å². The maximum atomic E-state index is 11.3. The molecule has 13 heavy (non-hydrogen) atoms. The molecule has 0 spiro atoms. The molecule has 3 N–H and O–H groups in total. The monoisotopic (exact) mass is 204 g/mol. The Morgan fingerprint density at radius 1 is 1.62 bits per heavy atom. The fraction of sp³-hybridized carbons (Fsp3) is 0.889. The summed E-state index contributed by atoms with van der Waals surface area (Å²) in [6, 6.07) is -0.318. The summed E-state index contributed by atoms with van der Waals surface area (Å²) in [6.45, 7) is 2.82. The van der Waals surface area contributed by atoms with Gasteiger partial charge in [0.15, 0.2) is 0 Å². The summed E-state index contributed by atoms with van der Waals surface area (Å²) in [5.41, 5.74) is 5.67. The molecule has 0 aliphatic rings. The highest BCUT2D eigenvalue weighted by Gasteiger charge is 2.10. The number of unbranched alkanes of at least 4 members (excludes halogenated alkanes) is 1. The second kappa shape index (κ2) is 8.38. The summed E-state index contributed by atoms with van der Waals surface area (Å²) in [6.07, 6.45) is 4.92. The van der Waals surface area contributed by atoms with Crippen molar-refractivity contribution in [2.45, 2.75) is 32.2 Å². The SMILES string of the molecule is CCCC[C@H](N)C(=O)NCCSC. The van der Waals surface area contributed by atoms with Crippen molar-refractivity contribution < 1.29 is 4.79 Å². The second-order valence-corrected chi connectivity index (χ2v) is 4.02. The third-order valence-corrected chi connectivity index (χ3v) is 2.42. The first kappa shape index (κ1) is 12.8. The highest BCUT2D eigenvalue weighted by Crippen LogP contribution is 1.98. The van der Waals surface area contributed by atoms with E-state index in [1.807, 2.05) is 6.26 Å². The molecule has 0 saturated heterocycles. The van der Waals surface area contributed by atoms with Gasteiger partial charge in [0.25, 0.3) is 0 Å². The number of thioether (sulfide) groups is 1. The molecule has 0 unspecified atom stereocenters. The highest BCUT2D eigenvalue weighted by atomic mass is 32.2. The van der Waals surface area contributed by atoms with E-state index < -0.39 is 0 Å². The number of carbonyl (C=O) groups excluding carboxylic acids is 1. The number of nitrogens with two attached hydrogens (primary N) is 1. The van der Waals surface area contributed by atoms with Crippen molar-refractivity contribution in [2.24, 2.45) is 5.73 Å². The fourth-order valence-corrected chi connectivity index (χ4v) is 1.27. The zero-order valence-electron chi connectivity index (χ0n) is 8.51. The van der Waals surface area contributed by atoms with E-state index in [4.69, 9.17) is 5.73 Å². The third-order valence-electron chi connectivity index (χ3n) is 1.81. The third kappa shape index (κ3) is 6.90. The smallest absolute Gasteiger partial charge is 0.236 e. The maximum absolute atomic E-state index is 11.3. The van der Waals surface area contributed by atoms with Crippen LogP contribution in [0.3, 0.4) is 0 Å². The van der Waals surface area contributed by atoms with Gasteiger partial charge < -0.3 is 11.1 Å². The Morgan fingerprint density at radius 2 is 2.31 bits per heavy atom. The van der Waals surface area contributed by atoms with Gasteiger partial charge in [-0.05, 0) is 12.7 Å². The van der Waals surface area contributed by atoms with Gasteiger partial charge in [0, 0.05) is 12.3 Å². The Kier molecular flexibility index (Phi) is 8.24. The van der Waals surface area contributed by atoms with Gasteiger partial charge in [0.2, 0.25) is 5.91 Å². The Morgan fingerprint density at radius 3 is 2.85 bits per heavy atom. The van der Waals surface area contributed by atoms with Crippen molar-refractivity contribution in [1.82, 2.24) is 5.32 Å². The summed E-state index contributed by atoms with van der Waals surface area (Å²) in [5.74, 6) is 0.939. The van der Waals surface area contributed by atoms with Crippen LogP contribution in [0.25, 0.3) is 0 Å². The van der Waals surface area contributed by atoms with Crippen molar-refractivity contribution in [1.29, 1.82) is 0 Å². The van der Waals surface area contributed by atoms with Gasteiger partial charge in [-0.15, -0.1) is 0 Å². The minimum absolute atomic E-state index is 0.0116. The number of rotatable bonds is 7. The van der Waals surface area contributed by atoms with E-state index in [1.165, 1.54) is 0 Å². The van der Waals surface area contributed by atoms with E-state index in [9.17, 15) is 4.79 Å². The van der Waals surface area contributed by atoms with Crippen molar-refractivity contribution >= 4 is 17.7 Å². The summed E-state index contributed by atoms with van der Waals surface area (Å²) in [4.78, 5) is 11.3. The van der Waals surface area contributed by atoms with Gasteiger partial charge in [0.05, 0.1) is 6.04 Å². The van der Waals surface area contributed by atoms with Crippen LogP contribution < -0.4 is 11.1 Å². The van der Waals surface area contributed by atoms with Crippen LogP contribution in [0.1, 0.15) is 26.2 Å². The molecule has 1 atom stereocenters. The van der Waals surface area contributed by atoms with Gasteiger partial charge >= 0.3 is 0 Å². The first-order valence-electron chi connectivity index (χ1n) is 4.74. The topological polar surface area (TPSA) is 55.1 Å². The van der Waals surface area contributed by atoms with Crippen LogP contribution in [0.15, 0.2) is 0 Å². The van der Waals surface area contributed by atoms with Crippen molar-refractivity contribution in [2.75, 3.05) is 18.6 Å². The van der Waals surface area contributed by atoms with Crippen LogP contribution in [0, 0.1) is 0 Å². The van der Waals surface area contributed by atoms with Gasteiger partial charge in [-0.1, -0.05) is 19.8 Å². The molecule has 0 aromatic carbocycles. The summed E-state index contributed by atoms with van der Waals surface area (Å²) in [5, 5.41) is 2.81. The molecule has 0 bridgehead atoms. The Bertz CT molecular complexity index is 142. The normalized spacial score (nSPS) is 12.5. The molecule has 0 aromatic heterocycles. The minimum atomic E-state index is -0.318. The van der Waals surface area contributed by atoms with E-state index >= 15 is 0 Å². The van der Waals surface area contributed by atoms with E-state index in [-0.39, 0.29) is 11.9 Å². The highest BCUT2D eigenvalue weighted by molar-refractivity contribution is 7.98. The lowest BCUT2D eigenvalue weighted by Gasteiger charge is -2.10. The van der Waals surface area contributed by atoms with Crippen LogP contribution in [-0.2, 0) is 4.79 Å². The standard InChI is InChI=1S/C9H20N2OS/c1-3-4-5-8(10)9(12)11-6-7-13-2/h8H,3-7,10H2,1-2H3,(H,11,12)/t8-/m0/s1. The lowest BCUT2D eigenvalue weighted by atomic mass is 10.1. The molecule has 0 heterocycles. The van der Waals surface area contributed by atoms with Gasteiger partial charge in [0.1, 0.15) is 0 Å². The van der Waals surface area contributed by atoms with Crippen LogP contribution in [-0.4, -0.2) is 30.5 Å². The van der Waals surface area contributed by atoms with Crippen LogP contribution in [0.2, 0.25) is 0 Å². The molecule has 0 fully saturated rings. The molecule has 4 heteroatoms. The molecular weight excluding hydrogens is 184 g/mol. The largest absolute Gasteiger partial charge is 0.354 e. The number of carbonyl (C=O) groups is 1.